The first-order chi connectivity index (χ1) is 14.7. The number of hydrogen-bond donors (Lipinski definition) is 1. The van der Waals surface area contributed by atoms with E-state index in [2.05, 4.69) is 27.9 Å². The van der Waals surface area contributed by atoms with Crippen molar-refractivity contribution in [2.75, 3.05) is 6.61 Å². The Bertz CT molecular complexity index is 893. The van der Waals surface area contributed by atoms with Gasteiger partial charge in [-0.3, -0.25) is 9.59 Å². The Labute approximate surface area is 207 Å². The van der Waals surface area contributed by atoms with Crippen LogP contribution in [-0.2, 0) is 16.1 Å². The van der Waals surface area contributed by atoms with Crippen molar-refractivity contribution in [3.63, 3.8) is 0 Å². The first-order valence-electron chi connectivity index (χ1n) is 10.2. The minimum atomic E-state index is -0.628. The molecule has 0 heterocycles. The second-order valence-electron chi connectivity index (χ2n) is 7.25. The fraction of sp³-hybridized carbons (Fsp3) is 0.391. The van der Waals surface area contributed by atoms with Gasteiger partial charge >= 0.3 is 0 Å². The third-order valence-corrected chi connectivity index (χ3v) is 6.36. The topological polar surface area (TPSA) is 58.6 Å². The minimum absolute atomic E-state index is 0.0199. The summed E-state index contributed by atoms with van der Waals surface area (Å²) in [5.41, 5.74) is 0.784. The van der Waals surface area contributed by atoms with Crippen molar-refractivity contribution >= 4 is 57.6 Å². The van der Waals surface area contributed by atoms with Crippen LogP contribution in [0.25, 0.3) is 0 Å². The molecule has 31 heavy (non-hydrogen) atoms. The van der Waals surface area contributed by atoms with Crippen LogP contribution >= 0.6 is 45.8 Å². The fourth-order valence-corrected chi connectivity index (χ4v) is 3.63. The van der Waals surface area contributed by atoms with Gasteiger partial charge < -0.3 is 15.0 Å². The molecule has 0 saturated carbocycles. The van der Waals surface area contributed by atoms with Crippen molar-refractivity contribution in [3.05, 3.63) is 61.6 Å². The number of carbonyl (C=O) groups is 2. The van der Waals surface area contributed by atoms with E-state index in [0.717, 1.165) is 15.6 Å². The van der Waals surface area contributed by atoms with Crippen LogP contribution in [0.2, 0.25) is 10.0 Å². The summed E-state index contributed by atoms with van der Waals surface area (Å²) in [7, 11) is 0. The molecule has 0 aromatic heterocycles. The Hall–Kier alpha value is -1.51. The number of rotatable bonds is 10. The van der Waals surface area contributed by atoms with Crippen molar-refractivity contribution in [3.8, 4) is 5.75 Å². The van der Waals surface area contributed by atoms with Gasteiger partial charge in [-0.05, 0) is 84.3 Å². The molecule has 2 rings (SSSR count). The van der Waals surface area contributed by atoms with E-state index in [1.54, 1.807) is 23.1 Å². The number of benzene rings is 2. The summed E-state index contributed by atoms with van der Waals surface area (Å²) in [5.74, 6) is 0.135. The van der Waals surface area contributed by atoms with Crippen molar-refractivity contribution in [2.45, 2.75) is 52.2 Å². The van der Waals surface area contributed by atoms with E-state index in [0.29, 0.717) is 22.2 Å². The van der Waals surface area contributed by atoms with E-state index in [-0.39, 0.29) is 31.0 Å². The molecule has 0 unspecified atom stereocenters. The quantitative estimate of drug-likeness (QED) is 0.369. The van der Waals surface area contributed by atoms with Crippen LogP contribution in [0.15, 0.2) is 42.5 Å². The molecule has 2 aromatic rings. The molecule has 1 N–H and O–H groups in total. The highest BCUT2D eigenvalue weighted by atomic mass is 127. The molecule has 0 spiro atoms. The Morgan fingerprint density at radius 3 is 2.32 bits per heavy atom. The molecular formula is C23H27Cl2IN2O3. The molecule has 0 aliphatic carbocycles. The summed E-state index contributed by atoms with van der Waals surface area (Å²) in [5, 5.41) is 3.82. The summed E-state index contributed by atoms with van der Waals surface area (Å²) in [6, 6.07) is 12.0. The van der Waals surface area contributed by atoms with Crippen LogP contribution < -0.4 is 10.1 Å². The lowest BCUT2D eigenvalue weighted by Crippen LogP contribution is -2.51. The Morgan fingerprint density at radius 2 is 1.74 bits per heavy atom. The van der Waals surface area contributed by atoms with E-state index in [1.165, 1.54) is 0 Å². The van der Waals surface area contributed by atoms with Crippen LogP contribution in [-0.4, -0.2) is 35.4 Å². The van der Waals surface area contributed by atoms with E-state index in [9.17, 15) is 9.59 Å². The average Bonchev–Trinajstić information content (AvgIpc) is 2.75. The van der Waals surface area contributed by atoms with Gasteiger partial charge in [0.2, 0.25) is 5.91 Å². The van der Waals surface area contributed by atoms with Crippen molar-refractivity contribution in [1.29, 1.82) is 0 Å². The first-order valence-corrected chi connectivity index (χ1v) is 12.0. The number of ether oxygens (including phenoxy) is 1. The normalized spacial score (nSPS) is 12.7. The Balaban J connectivity index is 2.23. The zero-order valence-corrected chi connectivity index (χ0v) is 21.5. The van der Waals surface area contributed by atoms with Crippen LogP contribution in [0, 0.1) is 3.57 Å². The number of nitrogens with one attached hydrogen (secondary N) is 1. The van der Waals surface area contributed by atoms with Crippen LogP contribution in [0.5, 0.6) is 5.75 Å². The minimum Gasteiger partial charge on any atom is -0.484 e. The molecule has 0 bridgehead atoms. The van der Waals surface area contributed by atoms with Crippen molar-refractivity contribution in [1.82, 2.24) is 10.2 Å². The standard InChI is InChI=1S/C23H27Cl2IN2O3/c1-4-15(3)27-23(30)21(5-2)28(13-16-6-11-19(24)20(25)12-16)22(29)14-31-18-9-7-17(26)8-10-18/h6-12,15,21H,4-5,13-14H2,1-3H3,(H,27,30)/t15-,21-/m1/s1. The van der Waals surface area contributed by atoms with E-state index in [4.69, 9.17) is 27.9 Å². The fourth-order valence-electron chi connectivity index (χ4n) is 2.95. The molecule has 168 valence electrons. The third kappa shape index (κ3) is 7.84. The maximum Gasteiger partial charge on any atom is 0.261 e. The molecule has 0 saturated heterocycles. The second-order valence-corrected chi connectivity index (χ2v) is 9.31. The summed E-state index contributed by atoms with van der Waals surface area (Å²) in [6.45, 7) is 5.87. The van der Waals surface area contributed by atoms with Gasteiger partial charge in [0.15, 0.2) is 6.61 Å². The van der Waals surface area contributed by atoms with Crippen molar-refractivity contribution in [2.24, 2.45) is 0 Å². The maximum atomic E-state index is 13.2. The largest absolute Gasteiger partial charge is 0.484 e. The molecule has 5 nitrogen and oxygen atoms in total. The van der Waals surface area contributed by atoms with Gasteiger partial charge in [0, 0.05) is 16.2 Å². The van der Waals surface area contributed by atoms with Gasteiger partial charge in [-0.1, -0.05) is 43.1 Å². The summed E-state index contributed by atoms with van der Waals surface area (Å²) >= 11 is 14.4. The summed E-state index contributed by atoms with van der Waals surface area (Å²) in [6.07, 6.45) is 1.28. The molecule has 2 atom stereocenters. The average molecular weight is 577 g/mol. The van der Waals surface area contributed by atoms with Gasteiger partial charge in [-0.25, -0.2) is 0 Å². The lowest BCUT2D eigenvalue weighted by Gasteiger charge is -2.31. The highest BCUT2D eigenvalue weighted by molar-refractivity contribution is 14.1. The molecule has 2 aromatic carbocycles. The van der Waals surface area contributed by atoms with Crippen LogP contribution in [0.3, 0.4) is 0 Å². The maximum absolute atomic E-state index is 13.2. The number of amides is 2. The van der Waals surface area contributed by atoms with Gasteiger partial charge in [0.1, 0.15) is 11.8 Å². The molecule has 2 amide bonds. The zero-order chi connectivity index (χ0) is 23.0. The molecule has 0 aliphatic heterocycles. The summed E-state index contributed by atoms with van der Waals surface area (Å²) in [4.78, 5) is 27.6. The van der Waals surface area contributed by atoms with Crippen molar-refractivity contribution < 1.29 is 14.3 Å². The van der Waals surface area contributed by atoms with Gasteiger partial charge in [-0.2, -0.15) is 0 Å². The number of halogens is 3. The smallest absolute Gasteiger partial charge is 0.261 e. The molecule has 0 aliphatic rings. The predicted molar refractivity (Wildman–Crippen MR) is 134 cm³/mol. The lowest BCUT2D eigenvalue weighted by atomic mass is 10.1. The number of carbonyl (C=O) groups excluding carboxylic acids is 2. The second kappa shape index (κ2) is 12.5. The Kier molecular flexibility index (Phi) is 10.4. The SMILES string of the molecule is CC[C@@H](C)NC(=O)[C@@H](CC)N(Cc1ccc(Cl)c(Cl)c1)C(=O)COc1ccc(I)cc1. The van der Waals surface area contributed by atoms with Gasteiger partial charge in [0.25, 0.3) is 5.91 Å². The summed E-state index contributed by atoms with van der Waals surface area (Å²) < 4.78 is 6.76. The highest BCUT2D eigenvalue weighted by Crippen LogP contribution is 2.24. The zero-order valence-electron chi connectivity index (χ0n) is 17.8. The van der Waals surface area contributed by atoms with E-state index >= 15 is 0 Å². The van der Waals surface area contributed by atoms with E-state index < -0.39 is 6.04 Å². The predicted octanol–water partition coefficient (Wildman–Crippen LogP) is 5.70. The van der Waals surface area contributed by atoms with Crippen LogP contribution in [0.1, 0.15) is 39.2 Å². The molecule has 8 heteroatoms. The van der Waals surface area contributed by atoms with Gasteiger partial charge in [0.05, 0.1) is 10.0 Å². The van der Waals surface area contributed by atoms with Gasteiger partial charge in [-0.15, -0.1) is 0 Å². The Morgan fingerprint density at radius 1 is 1.06 bits per heavy atom. The molecule has 0 fully saturated rings. The first kappa shape index (κ1) is 25.7. The van der Waals surface area contributed by atoms with E-state index in [1.807, 2.05) is 45.0 Å². The lowest BCUT2D eigenvalue weighted by molar-refractivity contribution is -0.143. The number of hydrogen-bond acceptors (Lipinski definition) is 3. The highest BCUT2D eigenvalue weighted by Gasteiger charge is 2.29. The number of nitrogens with zero attached hydrogens (tertiary/aromatic N) is 1. The molecule has 0 radical (unpaired) electrons. The third-order valence-electron chi connectivity index (χ3n) is 4.90. The molecular weight excluding hydrogens is 550 g/mol. The van der Waals surface area contributed by atoms with Crippen LogP contribution in [0.4, 0.5) is 0 Å². The monoisotopic (exact) mass is 576 g/mol.